The molecule has 0 saturated heterocycles. The van der Waals surface area contributed by atoms with Gasteiger partial charge in [0.2, 0.25) is 0 Å². The van der Waals surface area contributed by atoms with E-state index in [1.54, 1.807) is 42.5 Å². The Hall–Kier alpha value is -3.60. The van der Waals surface area contributed by atoms with Gasteiger partial charge in [-0.25, -0.2) is 0 Å². The fourth-order valence-corrected chi connectivity index (χ4v) is 2.66. The lowest BCUT2D eigenvalue weighted by molar-refractivity contribution is 0.475. The second-order valence-corrected chi connectivity index (χ2v) is 5.69. The Morgan fingerprint density at radius 3 is 2.24 bits per heavy atom. The van der Waals surface area contributed by atoms with Gasteiger partial charge < -0.3 is 15.2 Å². The average molecular weight is 329 g/mol. The molecule has 1 aromatic heterocycles. The van der Waals surface area contributed by atoms with E-state index in [0.29, 0.717) is 16.9 Å². The molecule has 0 amide bonds. The van der Waals surface area contributed by atoms with Crippen molar-refractivity contribution < 1.29 is 10.2 Å². The van der Waals surface area contributed by atoms with Crippen molar-refractivity contribution in [1.29, 1.82) is 0 Å². The summed E-state index contributed by atoms with van der Waals surface area (Å²) < 4.78 is 0. The topological polar surface area (TPSA) is 81.0 Å². The van der Waals surface area contributed by atoms with Crippen LogP contribution in [-0.4, -0.2) is 15.2 Å². The van der Waals surface area contributed by atoms with Gasteiger partial charge in [-0.1, -0.05) is 18.2 Å². The number of hydrogen-bond donors (Lipinski definition) is 3. The molecule has 0 radical (unpaired) electrons. The summed E-state index contributed by atoms with van der Waals surface area (Å²) in [6, 6.07) is 21.5. The Bertz CT molecular complexity index is 1030. The van der Waals surface area contributed by atoms with Crippen molar-refractivity contribution in [3.63, 3.8) is 0 Å². The molecule has 0 aliphatic heterocycles. The monoisotopic (exact) mass is 329 g/mol. The highest BCUT2D eigenvalue weighted by atomic mass is 16.3. The molecule has 5 nitrogen and oxygen atoms in total. The van der Waals surface area contributed by atoms with Crippen molar-refractivity contribution >= 4 is 22.3 Å². The van der Waals surface area contributed by atoms with Crippen molar-refractivity contribution in [3.05, 3.63) is 72.8 Å². The van der Waals surface area contributed by atoms with Crippen LogP contribution in [0.3, 0.4) is 0 Å². The second kappa shape index (κ2) is 6.13. The minimum atomic E-state index is 0.176. The zero-order valence-corrected chi connectivity index (χ0v) is 13.2. The van der Waals surface area contributed by atoms with Gasteiger partial charge in [-0.2, -0.15) is 10.2 Å². The molecule has 0 unspecified atom stereocenters. The highest BCUT2D eigenvalue weighted by Crippen LogP contribution is 2.34. The number of aromatic nitrogens is 1. The summed E-state index contributed by atoms with van der Waals surface area (Å²) in [5.41, 5.74) is 3.75. The summed E-state index contributed by atoms with van der Waals surface area (Å²) in [6.07, 6.45) is 0. The molecule has 122 valence electrons. The number of H-pyrrole nitrogens is 1. The SMILES string of the molecule is Oc1ccc(N=Nc2ccc(O)c(-c3cc4ccccc4[nH]3)c2)cc1. The first-order chi connectivity index (χ1) is 12.2. The van der Waals surface area contributed by atoms with Gasteiger partial charge in [-0.05, 0) is 54.6 Å². The van der Waals surface area contributed by atoms with Gasteiger partial charge in [0.05, 0.1) is 17.1 Å². The number of phenols is 2. The second-order valence-electron chi connectivity index (χ2n) is 5.69. The fourth-order valence-electron chi connectivity index (χ4n) is 2.66. The third-order valence-corrected chi connectivity index (χ3v) is 3.93. The third-order valence-electron chi connectivity index (χ3n) is 3.93. The standard InChI is InChI=1S/C20H15N3O2/c24-16-8-5-14(6-9-16)22-23-15-7-10-20(25)17(12-15)19-11-13-3-1-2-4-18(13)21-19/h1-12,21,24-25H. The summed E-state index contributed by atoms with van der Waals surface area (Å²) in [6.45, 7) is 0. The van der Waals surface area contributed by atoms with Gasteiger partial charge in [-0.3, -0.25) is 0 Å². The van der Waals surface area contributed by atoms with Crippen molar-refractivity contribution in [1.82, 2.24) is 4.98 Å². The lowest BCUT2D eigenvalue weighted by Gasteiger charge is -2.03. The van der Waals surface area contributed by atoms with Crippen molar-refractivity contribution in [2.24, 2.45) is 10.2 Å². The zero-order valence-electron chi connectivity index (χ0n) is 13.2. The Kier molecular flexibility index (Phi) is 3.67. The maximum Gasteiger partial charge on any atom is 0.125 e. The molecule has 5 heteroatoms. The minimum Gasteiger partial charge on any atom is -0.508 e. The first-order valence-electron chi connectivity index (χ1n) is 7.81. The fraction of sp³-hybridized carbons (Fsp3) is 0. The molecule has 3 aromatic carbocycles. The molecule has 0 aliphatic carbocycles. The van der Waals surface area contributed by atoms with Gasteiger partial charge in [-0.15, -0.1) is 0 Å². The van der Waals surface area contributed by atoms with E-state index in [-0.39, 0.29) is 11.5 Å². The molecule has 1 heterocycles. The molecule has 0 bridgehead atoms. The Morgan fingerprint density at radius 2 is 1.44 bits per heavy atom. The minimum absolute atomic E-state index is 0.176. The molecule has 25 heavy (non-hydrogen) atoms. The molecule has 0 saturated carbocycles. The Balaban J connectivity index is 1.69. The number of benzene rings is 3. The first kappa shape index (κ1) is 15.0. The number of aromatic amines is 1. The maximum absolute atomic E-state index is 10.2. The number of hydrogen-bond acceptors (Lipinski definition) is 4. The summed E-state index contributed by atoms with van der Waals surface area (Å²) in [5.74, 6) is 0.361. The number of rotatable bonds is 3. The smallest absolute Gasteiger partial charge is 0.125 e. The van der Waals surface area contributed by atoms with E-state index in [9.17, 15) is 10.2 Å². The quantitative estimate of drug-likeness (QED) is 0.424. The van der Waals surface area contributed by atoms with Crippen LogP contribution < -0.4 is 0 Å². The lowest BCUT2D eigenvalue weighted by Crippen LogP contribution is -1.78. The van der Waals surface area contributed by atoms with Gasteiger partial charge in [0.15, 0.2) is 0 Å². The normalized spacial score (nSPS) is 11.4. The van der Waals surface area contributed by atoms with Crippen LogP contribution in [0.25, 0.3) is 22.2 Å². The molecular formula is C20H15N3O2. The number of nitrogens with zero attached hydrogens (tertiary/aromatic N) is 2. The van der Waals surface area contributed by atoms with Crippen LogP contribution in [0.5, 0.6) is 11.5 Å². The molecule has 3 N–H and O–H groups in total. The summed E-state index contributed by atoms with van der Waals surface area (Å²) in [4.78, 5) is 3.30. The van der Waals surface area contributed by atoms with Crippen LogP contribution in [0.4, 0.5) is 11.4 Å². The van der Waals surface area contributed by atoms with Gasteiger partial charge >= 0.3 is 0 Å². The van der Waals surface area contributed by atoms with Crippen molar-refractivity contribution in [2.75, 3.05) is 0 Å². The van der Waals surface area contributed by atoms with E-state index in [1.165, 1.54) is 0 Å². The number of aromatic hydroxyl groups is 2. The summed E-state index contributed by atoms with van der Waals surface area (Å²) in [7, 11) is 0. The number of nitrogens with one attached hydrogen (secondary N) is 1. The highest BCUT2D eigenvalue weighted by molar-refractivity contribution is 5.87. The van der Waals surface area contributed by atoms with E-state index < -0.39 is 0 Å². The van der Waals surface area contributed by atoms with Crippen LogP contribution in [0.2, 0.25) is 0 Å². The Labute approximate surface area is 143 Å². The molecule has 4 aromatic rings. The Morgan fingerprint density at radius 1 is 0.720 bits per heavy atom. The van der Waals surface area contributed by atoms with E-state index in [2.05, 4.69) is 15.2 Å². The van der Waals surface area contributed by atoms with E-state index in [1.807, 2.05) is 30.3 Å². The first-order valence-corrected chi connectivity index (χ1v) is 7.81. The molecule has 0 spiro atoms. The van der Waals surface area contributed by atoms with Crippen LogP contribution >= 0.6 is 0 Å². The van der Waals surface area contributed by atoms with E-state index >= 15 is 0 Å². The zero-order chi connectivity index (χ0) is 17.2. The van der Waals surface area contributed by atoms with Crippen LogP contribution in [0.15, 0.2) is 83.0 Å². The summed E-state index contributed by atoms with van der Waals surface area (Å²) >= 11 is 0. The van der Waals surface area contributed by atoms with Gasteiger partial charge in [0.1, 0.15) is 11.5 Å². The molecule has 0 fully saturated rings. The van der Waals surface area contributed by atoms with Crippen molar-refractivity contribution in [3.8, 4) is 22.8 Å². The largest absolute Gasteiger partial charge is 0.508 e. The van der Waals surface area contributed by atoms with Gasteiger partial charge in [0, 0.05) is 16.5 Å². The molecular weight excluding hydrogens is 314 g/mol. The lowest BCUT2D eigenvalue weighted by atomic mass is 10.1. The van der Waals surface area contributed by atoms with E-state index in [4.69, 9.17) is 0 Å². The molecule has 4 rings (SSSR count). The average Bonchev–Trinajstić information content (AvgIpc) is 3.06. The predicted molar refractivity (Wildman–Crippen MR) is 97.7 cm³/mol. The highest BCUT2D eigenvalue weighted by Gasteiger charge is 2.09. The van der Waals surface area contributed by atoms with E-state index in [0.717, 1.165) is 16.6 Å². The summed E-state index contributed by atoms with van der Waals surface area (Å²) in [5, 5.41) is 28.9. The van der Waals surface area contributed by atoms with Crippen molar-refractivity contribution in [2.45, 2.75) is 0 Å². The number of phenolic OH excluding ortho intramolecular Hbond substituents is 2. The van der Waals surface area contributed by atoms with Crippen LogP contribution in [0.1, 0.15) is 0 Å². The van der Waals surface area contributed by atoms with Gasteiger partial charge in [0.25, 0.3) is 0 Å². The maximum atomic E-state index is 10.2. The third kappa shape index (κ3) is 3.07. The number of para-hydroxylation sites is 1. The number of fused-ring (bicyclic) bond motifs is 1. The number of azo groups is 1. The van der Waals surface area contributed by atoms with Crippen LogP contribution in [0, 0.1) is 0 Å². The van der Waals surface area contributed by atoms with Crippen LogP contribution in [-0.2, 0) is 0 Å². The molecule has 0 aliphatic rings. The predicted octanol–water partition coefficient (Wildman–Crippen LogP) is 5.66. The molecule has 0 atom stereocenters.